The van der Waals surface area contributed by atoms with Crippen LogP contribution in [0.25, 0.3) is 0 Å². The third-order valence-electron chi connectivity index (χ3n) is 2.03. The zero-order valence-electron chi connectivity index (χ0n) is 8.69. The lowest BCUT2D eigenvalue weighted by molar-refractivity contribution is -0.136. The normalized spacial score (nSPS) is 11.4. The second-order valence-electron chi connectivity index (χ2n) is 3.45. The number of carboxylic acids is 1. The van der Waals surface area contributed by atoms with Gasteiger partial charge in [0.15, 0.2) is 9.84 Å². The fraction of sp³-hybridized carbons (Fsp3) is 0.300. The highest BCUT2D eigenvalue weighted by atomic mass is 35.5. The number of hydrogen-bond donors (Lipinski definition) is 1. The van der Waals surface area contributed by atoms with Crippen molar-refractivity contribution in [3.63, 3.8) is 0 Å². The smallest absolute Gasteiger partial charge is 0.304 e. The molecule has 4 nitrogen and oxygen atoms in total. The highest BCUT2D eigenvalue weighted by molar-refractivity contribution is 7.90. The van der Waals surface area contributed by atoms with E-state index in [9.17, 15) is 13.2 Å². The van der Waals surface area contributed by atoms with Gasteiger partial charge in [-0.2, -0.15) is 0 Å². The summed E-state index contributed by atoms with van der Waals surface area (Å²) in [6, 6.07) is 4.69. The van der Waals surface area contributed by atoms with Gasteiger partial charge in [-0.1, -0.05) is 35.3 Å². The average molecular weight is 297 g/mol. The Bertz CT molecular complexity index is 525. The molecule has 1 aromatic rings. The van der Waals surface area contributed by atoms with E-state index in [1.165, 1.54) is 0 Å². The molecule has 0 radical (unpaired) electrons. The number of benzene rings is 1. The number of halogens is 2. The van der Waals surface area contributed by atoms with Crippen LogP contribution in [0.2, 0.25) is 10.0 Å². The first-order valence-electron chi connectivity index (χ1n) is 4.67. The molecule has 0 heterocycles. The molecule has 0 aliphatic rings. The van der Waals surface area contributed by atoms with Gasteiger partial charge < -0.3 is 5.11 Å². The van der Waals surface area contributed by atoms with E-state index in [0.29, 0.717) is 5.56 Å². The van der Waals surface area contributed by atoms with Gasteiger partial charge in [0.25, 0.3) is 0 Å². The van der Waals surface area contributed by atoms with Crippen molar-refractivity contribution in [1.29, 1.82) is 0 Å². The Morgan fingerprint density at radius 1 is 1.29 bits per heavy atom. The molecule has 0 aromatic heterocycles. The van der Waals surface area contributed by atoms with E-state index in [1.54, 1.807) is 18.2 Å². The van der Waals surface area contributed by atoms with Crippen LogP contribution in [0, 0.1) is 0 Å². The molecule has 0 saturated heterocycles. The van der Waals surface area contributed by atoms with Crippen molar-refractivity contribution in [2.45, 2.75) is 12.2 Å². The van der Waals surface area contributed by atoms with Crippen molar-refractivity contribution >= 4 is 39.0 Å². The summed E-state index contributed by atoms with van der Waals surface area (Å²) in [4.78, 5) is 10.3. The van der Waals surface area contributed by atoms with Crippen molar-refractivity contribution in [3.8, 4) is 0 Å². The number of carboxylic acid groups (broad SMARTS) is 1. The third kappa shape index (κ3) is 4.53. The molecule has 94 valence electrons. The molecule has 0 saturated carbocycles. The topological polar surface area (TPSA) is 71.4 Å². The minimum Gasteiger partial charge on any atom is -0.481 e. The summed E-state index contributed by atoms with van der Waals surface area (Å²) in [5, 5.41) is 8.89. The molecule has 7 heteroatoms. The first-order chi connectivity index (χ1) is 7.82. The maximum Gasteiger partial charge on any atom is 0.304 e. The van der Waals surface area contributed by atoms with E-state index in [-0.39, 0.29) is 15.8 Å². The van der Waals surface area contributed by atoms with Crippen LogP contribution in [0.5, 0.6) is 0 Å². The number of aliphatic carboxylic acids is 1. The van der Waals surface area contributed by atoms with Gasteiger partial charge in [0.05, 0.1) is 28.0 Å². The van der Waals surface area contributed by atoms with E-state index >= 15 is 0 Å². The molecule has 1 aromatic carbocycles. The highest BCUT2D eigenvalue weighted by Gasteiger charge is 2.16. The number of hydrogen-bond acceptors (Lipinski definition) is 3. The van der Waals surface area contributed by atoms with Crippen LogP contribution >= 0.6 is 23.2 Å². The van der Waals surface area contributed by atoms with E-state index < -0.39 is 28.0 Å². The summed E-state index contributed by atoms with van der Waals surface area (Å²) in [5.74, 6) is -1.86. The van der Waals surface area contributed by atoms with Crippen LogP contribution in [0.3, 0.4) is 0 Å². The van der Waals surface area contributed by atoms with Gasteiger partial charge in [0.2, 0.25) is 0 Å². The molecule has 0 amide bonds. The largest absolute Gasteiger partial charge is 0.481 e. The van der Waals surface area contributed by atoms with Crippen LogP contribution in [0.4, 0.5) is 0 Å². The van der Waals surface area contributed by atoms with E-state index in [1.807, 2.05) is 0 Å². The quantitative estimate of drug-likeness (QED) is 0.905. The maximum atomic E-state index is 11.6. The van der Waals surface area contributed by atoms with Gasteiger partial charge in [-0.05, 0) is 11.6 Å². The molecule has 1 N–H and O–H groups in total. The summed E-state index contributed by atoms with van der Waals surface area (Å²) < 4.78 is 23.2. The Morgan fingerprint density at radius 3 is 2.53 bits per heavy atom. The third-order valence-corrected chi connectivity index (χ3v) is 4.47. The summed E-state index contributed by atoms with van der Waals surface area (Å²) >= 11 is 11.6. The maximum absolute atomic E-state index is 11.6. The van der Waals surface area contributed by atoms with Gasteiger partial charge in [-0.15, -0.1) is 0 Å². The fourth-order valence-corrected chi connectivity index (χ4v) is 3.02. The van der Waals surface area contributed by atoms with Crippen molar-refractivity contribution in [1.82, 2.24) is 0 Å². The number of carbonyl (C=O) groups is 1. The van der Waals surface area contributed by atoms with Crippen LogP contribution < -0.4 is 0 Å². The molecule has 17 heavy (non-hydrogen) atoms. The Labute approximate surface area is 109 Å². The van der Waals surface area contributed by atoms with E-state index in [2.05, 4.69) is 0 Å². The molecular weight excluding hydrogens is 287 g/mol. The van der Waals surface area contributed by atoms with Gasteiger partial charge in [0.1, 0.15) is 0 Å². The standard InChI is InChI=1S/C10H10Cl2O4S/c11-8-3-1-2-7(10(8)12)6-17(15,16)5-4-9(13)14/h1-3H,4-6H2,(H,13,14). The minimum atomic E-state index is -3.49. The zero-order chi connectivity index (χ0) is 13.1. The van der Waals surface area contributed by atoms with Crippen LogP contribution in [-0.4, -0.2) is 25.2 Å². The van der Waals surface area contributed by atoms with Crippen molar-refractivity contribution in [2.75, 3.05) is 5.75 Å². The Hall–Kier alpha value is -0.780. The average Bonchev–Trinajstić information content (AvgIpc) is 2.22. The molecular formula is C10H10Cl2O4S. The number of rotatable bonds is 5. The second-order valence-corrected chi connectivity index (χ2v) is 6.42. The molecule has 0 fully saturated rings. The van der Waals surface area contributed by atoms with Crippen molar-refractivity contribution in [2.24, 2.45) is 0 Å². The van der Waals surface area contributed by atoms with E-state index in [0.717, 1.165) is 0 Å². The summed E-state index contributed by atoms with van der Waals surface area (Å²) in [6.45, 7) is 0. The van der Waals surface area contributed by atoms with E-state index in [4.69, 9.17) is 28.3 Å². The molecule has 0 spiro atoms. The monoisotopic (exact) mass is 296 g/mol. The lowest BCUT2D eigenvalue weighted by Gasteiger charge is -2.06. The first kappa shape index (κ1) is 14.3. The first-order valence-corrected chi connectivity index (χ1v) is 7.24. The predicted molar refractivity (Wildman–Crippen MR) is 66.2 cm³/mol. The van der Waals surface area contributed by atoms with Crippen molar-refractivity contribution in [3.05, 3.63) is 33.8 Å². The van der Waals surface area contributed by atoms with Crippen molar-refractivity contribution < 1.29 is 18.3 Å². The fourth-order valence-electron chi connectivity index (χ4n) is 1.21. The lowest BCUT2D eigenvalue weighted by atomic mass is 10.2. The highest BCUT2D eigenvalue weighted by Crippen LogP contribution is 2.27. The second kappa shape index (κ2) is 5.71. The minimum absolute atomic E-state index is 0.188. The summed E-state index contributed by atoms with van der Waals surface area (Å²) in [7, 11) is -3.49. The van der Waals surface area contributed by atoms with Gasteiger partial charge in [-0.3, -0.25) is 4.79 Å². The predicted octanol–water partition coefficient (Wildman–Crippen LogP) is 2.38. The van der Waals surface area contributed by atoms with Crippen LogP contribution in [0.15, 0.2) is 18.2 Å². The molecule has 1 rings (SSSR count). The lowest BCUT2D eigenvalue weighted by Crippen LogP contribution is -2.13. The van der Waals surface area contributed by atoms with Gasteiger partial charge in [0, 0.05) is 0 Å². The van der Waals surface area contributed by atoms with Gasteiger partial charge in [-0.25, -0.2) is 8.42 Å². The van der Waals surface area contributed by atoms with Crippen LogP contribution in [-0.2, 0) is 20.4 Å². The Balaban J connectivity index is 2.83. The van der Waals surface area contributed by atoms with Crippen LogP contribution in [0.1, 0.15) is 12.0 Å². The van der Waals surface area contributed by atoms with Gasteiger partial charge >= 0.3 is 5.97 Å². The Kier molecular flexibility index (Phi) is 4.80. The summed E-state index contributed by atoms with van der Waals surface area (Å²) in [5.41, 5.74) is 0.379. The molecule has 0 aliphatic carbocycles. The zero-order valence-corrected chi connectivity index (χ0v) is 11.0. The molecule has 0 bridgehead atoms. The molecule has 0 aliphatic heterocycles. The number of sulfone groups is 1. The summed E-state index contributed by atoms with van der Waals surface area (Å²) in [6.07, 6.45) is -0.416. The SMILES string of the molecule is O=C(O)CCS(=O)(=O)Cc1cccc(Cl)c1Cl. The Morgan fingerprint density at radius 2 is 1.94 bits per heavy atom. The molecule has 0 atom stereocenters. The molecule has 0 unspecified atom stereocenters.